The average molecular weight is 427 g/mol. The third-order valence-electron chi connectivity index (χ3n) is 4.97. The molecular weight excluding hydrogens is 396 g/mol. The van der Waals surface area contributed by atoms with E-state index < -0.39 is 16.0 Å². The molecule has 0 radical (unpaired) electrons. The van der Waals surface area contributed by atoms with Crippen molar-refractivity contribution in [3.8, 4) is 0 Å². The molecule has 29 heavy (non-hydrogen) atoms. The highest BCUT2D eigenvalue weighted by atomic mass is 32.2. The molecule has 3 atom stereocenters. The van der Waals surface area contributed by atoms with Gasteiger partial charge in [-0.1, -0.05) is 19.8 Å². The lowest BCUT2D eigenvalue weighted by molar-refractivity contribution is -0.125. The average Bonchev–Trinajstić information content (AvgIpc) is 2.68. The van der Waals surface area contributed by atoms with E-state index in [9.17, 15) is 18.0 Å². The summed E-state index contributed by atoms with van der Waals surface area (Å²) in [6, 6.07) is 5.09. The summed E-state index contributed by atoms with van der Waals surface area (Å²) >= 11 is 0. The van der Waals surface area contributed by atoms with E-state index in [0.29, 0.717) is 5.92 Å². The van der Waals surface area contributed by atoms with Gasteiger partial charge < -0.3 is 14.8 Å². The lowest BCUT2D eigenvalue weighted by Gasteiger charge is -2.29. The van der Waals surface area contributed by atoms with Gasteiger partial charge in [0.15, 0.2) is 6.61 Å². The first-order valence-corrected chi connectivity index (χ1v) is 11.3. The van der Waals surface area contributed by atoms with Crippen LogP contribution in [-0.2, 0) is 24.3 Å². The zero-order valence-electron chi connectivity index (χ0n) is 17.1. The first kappa shape index (κ1) is 23.3. The SMILES string of the molecule is COC[C@H](C)NS(=O)(=O)c1ccc(C(=O)OCC(=O)N[C@@H]2CCCC[C@H]2C)cc1. The number of methoxy groups -OCH3 is 1. The van der Waals surface area contributed by atoms with Gasteiger partial charge in [-0.3, -0.25) is 4.79 Å². The van der Waals surface area contributed by atoms with Gasteiger partial charge in [0, 0.05) is 19.2 Å². The molecule has 1 aromatic rings. The predicted molar refractivity (Wildman–Crippen MR) is 108 cm³/mol. The summed E-state index contributed by atoms with van der Waals surface area (Å²) in [6.45, 7) is 3.67. The van der Waals surface area contributed by atoms with E-state index in [0.717, 1.165) is 19.3 Å². The number of esters is 1. The molecule has 1 aliphatic rings. The molecule has 0 bridgehead atoms. The summed E-state index contributed by atoms with van der Waals surface area (Å²) in [7, 11) is -2.23. The second-order valence-corrected chi connectivity index (χ2v) is 9.23. The second-order valence-electron chi connectivity index (χ2n) is 7.51. The minimum absolute atomic E-state index is 0.0287. The van der Waals surface area contributed by atoms with Crippen molar-refractivity contribution in [3.05, 3.63) is 29.8 Å². The van der Waals surface area contributed by atoms with Crippen LogP contribution in [0.4, 0.5) is 0 Å². The molecule has 1 amide bonds. The lowest BCUT2D eigenvalue weighted by atomic mass is 9.86. The van der Waals surface area contributed by atoms with E-state index in [4.69, 9.17) is 9.47 Å². The van der Waals surface area contributed by atoms with Crippen molar-refractivity contribution in [1.82, 2.24) is 10.0 Å². The standard InChI is InChI=1S/C20H30N2O6S/c1-14-6-4-5-7-18(14)21-19(23)13-28-20(24)16-8-10-17(11-9-16)29(25,26)22-15(2)12-27-3/h8-11,14-15,18,22H,4-7,12-13H2,1-3H3,(H,21,23)/t14-,15+,18-/m1/s1. The van der Waals surface area contributed by atoms with Crippen LogP contribution in [0.15, 0.2) is 29.2 Å². The molecule has 0 aromatic heterocycles. The minimum Gasteiger partial charge on any atom is -0.452 e. The molecule has 1 aromatic carbocycles. The van der Waals surface area contributed by atoms with Gasteiger partial charge in [0.05, 0.1) is 17.1 Å². The fourth-order valence-electron chi connectivity index (χ4n) is 3.38. The molecule has 1 fully saturated rings. The molecule has 0 saturated heterocycles. The smallest absolute Gasteiger partial charge is 0.338 e. The van der Waals surface area contributed by atoms with Crippen molar-refractivity contribution < 1.29 is 27.5 Å². The van der Waals surface area contributed by atoms with Gasteiger partial charge in [0.2, 0.25) is 10.0 Å². The van der Waals surface area contributed by atoms with Crippen LogP contribution in [0, 0.1) is 5.92 Å². The Bertz CT molecular complexity index is 794. The highest BCUT2D eigenvalue weighted by Gasteiger charge is 2.23. The fourth-order valence-corrected chi connectivity index (χ4v) is 4.61. The van der Waals surface area contributed by atoms with Crippen LogP contribution in [0.25, 0.3) is 0 Å². The van der Waals surface area contributed by atoms with Crippen LogP contribution in [0.1, 0.15) is 49.9 Å². The van der Waals surface area contributed by atoms with Crippen LogP contribution >= 0.6 is 0 Å². The van der Waals surface area contributed by atoms with E-state index in [1.807, 2.05) is 0 Å². The Hall–Kier alpha value is -1.97. The number of ether oxygens (including phenoxy) is 2. The summed E-state index contributed by atoms with van der Waals surface area (Å²) in [4.78, 5) is 24.2. The summed E-state index contributed by atoms with van der Waals surface area (Å²) in [5.41, 5.74) is 0.174. The summed E-state index contributed by atoms with van der Waals surface area (Å²) in [5.74, 6) is -0.591. The van der Waals surface area contributed by atoms with Gasteiger partial charge in [-0.15, -0.1) is 0 Å². The number of sulfonamides is 1. The molecule has 0 unspecified atom stereocenters. The molecule has 2 rings (SSSR count). The Morgan fingerprint density at radius 1 is 1.17 bits per heavy atom. The molecule has 2 N–H and O–H groups in total. The van der Waals surface area contributed by atoms with Gasteiger partial charge in [0.25, 0.3) is 5.91 Å². The van der Waals surface area contributed by atoms with Crippen molar-refractivity contribution in [2.75, 3.05) is 20.3 Å². The summed E-state index contributed by atoms with van der Waals surface area (Å²) < 4.78 is 37.0. The molecule has 1 aliphatic carbocycles. The van der Waals surface area contributed by atoms with E-state index in [-0.39, 0.29) is 41.7 Å². The Labute approximate surface area is 172 Å². The van der Waals surface area contributed by atoms with E-state index in [2.05, 4.69) is 17.0 Å². The largest absolute Gasteiger partial charge is 0.452 e. The normalized spacial score (nSPS) is 20.7. The van der Waals surface area contributed by atoms with E-state index in [1.165, 1.54) is 37.8 Å². The molecule has 0 aliphatic heterocycles. The molecule has 9 heteroatoms. The summed E-state index contributed by atoms with van der Waals surface area (Å²) in [6.07, 6.45) is 4.28. The fraction of sp³-hybridized carbons (Fsp3) is 0.600. The van der Waals surface area contributed by atoms with Crippen molar-refractivity contribution >= 4 is 21.9 Å². The number of carbonyl (C=O) groups is 2. The number of amides is 1. The monoisotopic (exact) mass is 426 g/mol. The zero-order valence-corrected chi connectivity index (χ0v) is 18.0. The molecule has 0 heterocycles. The first-order valence-electron chi connectivity index (χ1n) is 9.80. The number of hydrogen-bond acceptors (Lipinski definition) is 6. The topological polar surface area (TPSA) is 111 Å². The number of carbonyl (C=O) groups excluding carboxylic acids is 2. The van der Waals surface area contributed by atoms with Crippen LogP contribution in [0.2, 0.25) is 0 Å². The quantitative estimate of drug-likeness (QED) is 0.583. The molecule has 1 saturated carbocycles. The van der Waals surface area contributed by atoms with Crippen molar-refractivity contribution in [2.45, 2.75) is 56.5 Å². The number of benzene rings is 1. The molecule has 162 valence electrons. The Morgan fingerprint density at radius 3 is 2.45 bits per heavy atom. The van der Waals surface area contributed by atoms with Gasteiger partial charge >= 0.3 is 5.97 Å². The highest BCUT2D eigenvalue weighted by molar-refractivity contribution is 7.89. The minimum atomic E-state index is -3.72. The predicted octanol–water partition coefficient (Wildman–Crippen LogP) is 1.85. The Kier molecular flexibility index (Phi) is 8.60. The van der Waals surface area contributed by atoms with Gasteiger partial charge in [-0.2, -0.15) is 0 Å². The van der Waals surface area contributed by atoms with E-state index in [1.54, 1.807) is 6.92 Å². The third-order valence-corrected chi connectivity index (χ3v) is 6.57. The van der Waals surface area contributed by atoms with Gasteiger partial charge in [-0.05, 0) is 49.9 Å². The van der Waals surface area contributed by atoms with Crippen molar-refractivity contribution in [2.24, 2.45) is 5.92 Å². The van der Waals surface area contributed by atoms with Crippen molar-refractivity contribution in [1.29, 1.82) is 0 Å². The maximum absolute atomic E-state index is 12.3. The van der Waals surface area contributed by atoms with Crippen LogP contribution in [0.3, 0.4) is 0 Å². The highest BCUT2D eigenvalue weighted by Crippen LogP contribution is 2.23. The Morgan fingerprint density at radius 2 is 1.83 bits per heavy atom. The third kappa shape index (κ3) is 7.09. The van der Waals surface area contributed by atoms with Gasteiger partial charge in [-0.25, -0.2) is 17.9 Å². The first-order chi connectivity index (χ1) is 13.7. The number of rotatable bonds is 9. The zero-order chi connectivity index (χ0) is 21.4. The van der Waals surface area contributed by atoms with E-state index >= 15 is 0 Å². The molecular formula is C20H30N2O6S. The maximum Gasteiger partial charge on any atom is 0.338 e. The molecule has 0 spiro atoms. The maximum atomic E-state index is 12.3. The van der Waals surface area contributed by atoms with Crippen LogP contribution in [0.5, 0.6) is 0 Å². The van der Waals surface area contributed by atoms with Crippen LogP contribution in [-0.4, -0.2) is 52.7 Å². The lowest BCUT2D eigenvalue weighted by Crippen LogP contribution is -2.42. The van der Waals surface area contributed by atoms with Gasteiger partial charge in [0.1, 0.15) is 0 Å². The summed E-state index contributed by atoms with van der Waals surface area (Å²) in [5, 5.41) is 2.92. The van der Waals surface area contributed by atoms with Crippen LogP contribution < -0.4 is 10.0 Å². The number of hydrogen-bond donors (Lipinski definition) is 2. The van der Waals surface area contributed by atoms with Crippen molar-refractivity contribution in [3.63, 3.8) is 0 Å². The second kappa shape index (κ2) is 10.7. The molecule has 8 nitrogen and oxygen atoms in total. The Balaban J connectivity index is 1.87. The number of nitrogens with one attached hydrogen (secondary N) is 2.